The van der Waals surface area contributed by atoms with Gasteiger partial charge in [0.25, 0.3) is 0 Å². The van der Waals surface area contributed by atoms with Gasteiger partial charge < -0.3 is 10.6 Å². The van der Waals surface area contributed by atoms with E-state index in [0.29, 0.717) is 19.0 Å². The van der Waals surface area contributed by atoms with Crippen molar-refractivity contribution < 1.29 is 4.79 Å². The molecule has 23 heavy (non-hydrogen) atoms. The Balaban J connectivity index is 1.39. The minimum Gasteiger partial charge on any atom is -0.354 e. The highest BCUT2D eigenvalue weighted by Crippen LogP contribution is 2.17. The second kappa shape index (κ2) is 8.11. The summed E-state index contributed by atoms with van der Waals surface area (Å²) in [5.74, 6) is 0.0436. The first-order chi connectivity index (χ1) is 11.3. The maximum absolute atomic E-state index is 12.1. The molecule has 1 amide bonds. The second-order valence-electron chi connectivity index (χ2n) is 6.39. The number of H-pyrrole nitrogens is 1. The van der Waals surface area contributed by atoms with Crippen molar-refractivity contribution in [2.24, 2.45) is 0 Å². The molecule has 3 rings (SSSR count). The number of para-hydroxylation sites is 1. The molecule has 1 aliphatic carbocycles. The van der Waals surface area contributed by atoms with Crippen molar-refractivity contribution in [1.82, 2.24) is 20.8 Å². The minimum absolute atomic E-state index is 0.0436. The van der Waals surface area contributed by atoms with Crippen LogP contribution >= 0.6 is 0 Å². The average molecular weight is 314 g/mol. The fourth-order valence-corrected chi connectivity index (χ4v) is 3.33. The first kappa shape index (κ1) is 16.0. The summed E-state index contributed by atoms with van der Waals surface area (Å²) in [5, 5.41) is 14.8. The molecule has 0 aliphatic heterocycles. The minimum atomic E-state index is 0.0436. The number of nitrogens with one attached hydrogen (secondary N) is 3. The Labute approximate surface area is 137 Å². The molecule has 0 unspecified atom stereocenters. The second-order valence-corrected chi connectivity index (χ2v) is 6.39. The molecular formula is C18H26N4O. The fraction of sp³-hybridized carbons (Fsp3) is 0.556. The van der Waals surface area contributed by atoms with Gasteiger partial charge >= 0.3 is 0 Å². The van der Waals surface area contributed by atoms with Crippen molar-refractivity contribution in [1.29, 1.82) is 0 Å². The highest BCUT2D eigenvalue weighted by molar-refractivity contribution is 5.87. The van der Waals surface area contributed by atoms with Crippen molar-refractivity contribution >= 4 is 16.8 Å². The third-order valence-electron chi connectivity index (χ3n) is 4.61. The molecule has 0 saturated heterocycles. The Hall–Kier alpha value is -1.88. The molecule has 1 aromatic carbocycles. The van der Waals surface area contributed by atoms with Gasteiger partial charge in [0.15, 0.2) is 0 Å². The van der Waals surface area contributed by atoms with Gasteiger partial charge in [-0.1, -0.05) is 43.9 Å². The highest BCUT2D eigenvalue weighted by Gasteiger charge is 2.12. The van der Waals surface area contributed by atoms with Crippen LogP contribution in [0.25, 0.3) is 10.9 Å². The zero-order chi connectivity index (χ0) is 15.9. The number of aromatic nitrogens is 2. The summed E-state index contributed by atoms with van der Waals surface area (Å²) in [6.07, 6.45) is 8.29. The zero-order valence-corrected chi connectivity index (χ0v) is 13.6. The number of carbonyl (C=O) groups excluding carboxylic acids is 1. The number of nitrogens with zero attached hydrogens (tertiary/aromatic N) is 1. The van der Waals surface area contributed by atoms with Crippen LogP contribution in [-0.4, -0.2) is 35.2 Å². The molecule has 1 aromatic heterocycles. The lowest BCUT2D eigenvalue weighted by molar-refractivity contribution is -0.120. The lowest BCUT2D eigenvalue weighted by Crippen LogP contribution is -2.37. The predicted molar refractivity (Wildman–Crippen MR) is 92.3 cm³/mol. The number of hydrogen-bond acceptors (Lipinski definition) is 3. The van der Waals surface area contributed by atoms with Crippen LogP contribution in [0.5, 0.6) is 0 Å². The first-order valence-corrected chi connectivity index (χ1v) is 8.75. The highest BCUT2D eigenvalue weighted by atomic mass is 16.1. The summed E-state index contributed by atoms with van der Waals surface area (Å²) >= 11 is 0. The summed E-state index contributed by atoms with van der Waals surface area (Å²) in [4.78, 5) is 12.1. The largest absolute Gasteiger partial charge is 0.354 e. The number of benzene rings is 1. The molecule has 1 saturated carbocycles. The Morgan fingerprint density at radius 3 is 2.74 bits per heavy atom. The van der Waals surface area contributed by atoms with Crippen LogP contribution in [-0.2, 0) is 11.2 Å². The number of fused-ring (bicyclic) bond motifs is 1. The molecule has 0 spiro atoms. The van der Waals surface area contributed by atoms with Gasteiger partial charge in [-0.3, -0.25) is 9.89 Å². The molecule has 0 bridgehead atoms. The van der Waals surface area contributed by atoms with Crippen LogP contribution in [0, 0.1) is 0 Å². The number of rotatable bonds is 6. The molecule has 2 aromatic rings. The molecule has 124 valence electrons. The molecule has 5 nitrogen and oxygen atoms in total. The molecule has 1 aliphatic rings. The monoisotopic (exact) mass is 314 g/mol. The standard InChI is InChI=1S/C18H26N4O/c23-18(13-17-15-9-5-6-10-16(15)21-22-17)20-12-11-19-14-7-3-1-2-4-8-14/h5-6,9-10,14,19H,1-4,7-8,11-13H2,(H,20,23)(H,21,22). The Bertz CT molecular complexity index is 629. The molecule has 3 N–H and O–H groups in total. The predicted octanol–water partition coefficient (Wildman–Crippen LogP) is 2.53. The number of carbonyl (C=O) groups is 1. The van der Waals surface area contributed by atoms with Crippen molar-refractivity contribution in [3.05, 3.63) is 30.0 Å². The van der Waals surface area contributed by atoms with E-state index in [1.807, 2.05) is 24.3 Å². The molecule has 5 heteroatoms. The van der Waals surface area contributed by atoms with E-state index in [1.54, 1.807) is 0 Å². The number of amides is 1. The van der Waals surface area contributed by atoms with Gasteiger partial charge in [-0.15, -0.1) is 0 Å². The Morgan fingerprint density at radius 2 is 1.91 bits per heavy atom. The van der Waals surface area contributed by atoms with Crippen LogP contribution in [0.4, 0.5) is 0 Å². The van der Waals surface area contributed by atoms with E-state index in [-0.39, 0.29) is 5.91 Å². The summed E-state index contributed by atoms with van der Waals surface area (Å²) in [6.45, 7) is 1.53. The van der Waals surface area contributed by atoms with E-state index in [4.69, 9.17) is 0 Å². The number of aromatic amines is 1. The quantitative estimate of drug-likeness (QED) is 0.567. The fourth-order valence-electron chi connectivity index (χ4n) is 3.33. The Morgan fingerprint density at radius 1 is 1.13 bits per heavy atom. The molecule has 1 heterocycles. The van der Waals surface area contributed by atoms with Crippen LogP contribution in [0.1, 0.15) is 44.2 Å². The summed E-state index contributed by atoms with van der Waals surface area (Å²) < 4.78 is 0. The van der Waals surface area contributed by atoms with Gasteiger partial charge in [0.2, 0.25) is 5.91 Å². The van der Waals surface area contributed by atoms with Crippen LogP contribution < -0.4 is 10.6 Å². The van der Waals surface area contributed by atoms with Crippen molar-refractivity contribution in [3.8, 4) is 0 Å². The van der Waals surface area contributed by atoms with E-state index in [1.165, 1.54) is 38.5 Å². The van der Waals surface area contributed by atoms with Crippen molar-refractivity contribution in [3.63, 3.8) is 0 Å². The third-order valence-corrected chi connectivity index (χ3v) is 4.61. The van der Waals surface area contributed by atoms with Crippen LogP contribution in [0.2, 0.25) is 0 Å². The normalized spacial score (nSPS) is 16.3. The number of hydrogen-bond donors (Lipinski definition) is 3. The van der Waals surface area contributed by atoms with Crippen LogP contribution in [0.3, 0.4) is 0 Å². The first-order valence-electron chi connectivity index (χ1n) is 8.75. The van der Waals surface area contributed by atoms with Crippen molar-refractivity contribution in [2.45, 2.75) is 51.0 Å². The topological polar surface area (TPSA) is 69.8 Å². The smallest absolute Gasteiger partial charge is 0.226 e. The van der Waals surface area contributed by atoms with Crippen LogP contribution in [0.15, 0.2) is 24.3 Å². The van der Waals surface area contributed by atoms with Gasteiger partial charge in [0.1, 0.15) is 0 Å². The van der Waals surface area contributed by atoms with Gasteiger partial charge in [-0.2, -0.15) is 5.10 Å². The van der Waals surface area contributed by atoms with Crippen molar-refractivity contribution in [2.75, 3.05) is 13.1 Å². The maximum Gasteiger partial charge on any atom is 0.226 e. The maximum atomic E-state index is 12.1. The molecular weight excluding hydrogens is 288 g/mol. The van der Waals surface area contributed by atoms with Gasteiger partial charge in [0, 0.05) is 24.5 Å². The van der Waals surface area contributed by atoms with E-state index >= 15 is 0 Å². The zero-order valence-electron chi connectivity index (χ0n) is 13.6. The van der Waals surface area contributed by atoms with E-state index < -0.39 is 0 Å². The summed E-state index contributed by atoms with van der Waals surface area (Å²) in [6, 6.07) is 8.49. The van der Waals surface area contributed by atoms with Gasteiger partial charge in [-0.25, -0.2) is 0 Å². The Kier molecular flexibility index (Phi) is 5.64. The molecule has 0 radical (unpaired) electrons. The van der Waals surface area contributed by atoms with E-state index in [9.17, 15) is 4.79 Å². The van der Waals surface area contributed by atoms with E-state index in [2.05, 4.69) is 20.8 Å². The third kappa shape index (κ3) is 4.55. The van der Waals surface area contributed by atoms with Gasteiger partial charge in [0.05, 0.1) is 17.6 Å². The molecule has 0 atom stereocenters. The molecule has 1 fully saturated rings. The van der Waals surface area contributed by atoms with Gasteiger partial charge in [-0.05, 0) is 18.9 Å². The lowest BCUT2D eigenvalue weighted by Gasteiger charge is -2.16. The lowest BCUT2D eigenvalue weighted by atomic mass is 10.1. The summed E-state index contributed by atoms with van der Waals surface area (Å²) in [7, 11) is 0. The van der Waals surface area contributed by atoms with E-state index in [0.717, 1.165) is 23.1 Å². The SMILES string of the molecule is O=C(Cc1[nH]nc2ccccc12)NCCNC1CCCCCC1. The average Bonchev–Trinajstić information content (AvgIpc) is 2.79. The summed E-state index contributed by atoms with van der Waals surface area (Å²) in [5.41, 5.74) is 1.79.